The maximum Gasteiger partial charge on any atom is 0.00365 e. The van der Waals surface area contributed by atoms with E-state index in [2.05, 4.69) is 24.1 Å². The van der Waals surface area contributed by atoms with Crippen LogP contribution >= 0.6 is 0 Å². The van der Waals surface area contributed by atoms with Crippen molar-refractivity contribution in [2.24, 2.45) is 11.3 Å². The number of likely N-dealkylation sites (tertiary alicyclic amines) is 1. The Morgan fingerprint density at radius 2 is 1.93 bits per heavy atom. The second-order valence-electron chi connectivity index (χ2n) is 5.53. The predicted octanol–water partition coefficient (Wildman–Crippen LogP) is 1.72. The molecular weight excluding hydrogens is 172 g/mol. The molecule has 0 aromatic heterocycles. The van der Waals surface area contributed by atoms with E-state index in [-0.39, 0.29) is 0 Å². The Morgan fingerprint density at radius 3 is 2.50 bits per heavy atom. The molecule has 0 amide bonds. The normalized spacial score (nSPS) is 28.7. The topological polar surface area (TPSA) is 15.3 Å². The van der Waals surface area contributed by atoms with Crippen LogP contribution < -0.4 is 5.32 Å². The lowest BCUT2D eigenvalue weighted by Crippen LogP contribution is -2.52. The molecular formula is C12H24N2. The number of rotatable bonds is 3. The zero-order valence-electron chi connectivity index (χ0n) is 9.68. The first-order chi connectivity index (χ1) is 6.72. The third-order valence-electron chi connectivity index (χ3n) is 4.03. The molecule has 0 unspecified atom stereocenters. The minimum Gasteiger partial charge on any atom is -0.317 e. The van der Waals surface area contributed by atoms with Crippen molar-refractivity contribution in [2.75, 3.05) is 32.7 Å². The summed E-state index contributed by atoms with van der Waals surface area (Å²) in [6.45, 7) is 11.3. The van der Waals surface area contributed by atoms with Crippen LogP contribution in [-0.2, 0) is 0 Å². The van der Waals surface area contributed by atoms with Crippen molar-refractivity contribution in [3.05, 3.63) is 0 Å². The fourth-order valence-electron chi connectivity index (χ4n) is 2.79. The average molecular weight is 196 g/mol. The lowest BCUT2D eigenvalue weighted by molar-refractivity contribution is 0.0380. The first kappa shape index (κ1) is 10.4. The summed E-state index contributed by atoms with van der Waals surface area (Å²) in [5, 5.41) is 3.45. The molecule has 2 nitrogen and oxygen atoms in total. The fourth-order valence-corrected chi connectivity index (χ4v) is 2.79. The van der Waals surface area contributed by atoms with Gasteiger partial charge in [-0.25, -0.2) is 0 Å². The highest BCUT2D eigenvalue weighted by Crippen LogP contribution is 2.32. The minimum atomic E-state index is 0.601. The standard InChI is InChI=1S/C12H24N2/c1-3-11-8-14(9-11)10-12(2)4-6-13-7-5-12/h11,13H,3-10H2,1-2H3. The summed E-state index contributed by atoms with van der Waals surface area (Å²) in [4.78, 5) is 2.65. The van der Waals surface area contributed by atoms with Crippen molar-refractivity contribution in [3.63, 3.8) is 0 Å². The lowest BCUT2D eigenvalue weighted by Gasteiger charge is -2.45. The summed E-state index contributed by atoms with van der Waals surface area (Å²) >= 11 is 0. The van der Waals surface area contributed by atoms with Gasteiger partial charge in [-0.05, 0) is 37.3 Å². The Morgan fingerprint density at radius 1 is 1.29 bits per heavy atom. The predicted molar refractivity (Wildman–Crippen MR) is 60.4 cm³/mol. The van der Waals surface area contributed by atoms with Crippen LogP contribution in [0.25, 0.3) is 0 Å². The highest BCUT2D eigenvalue weighted by molar-refractivity contribution is 4.88. The van der Waals surface area contributed by atoms with Crippen molar-refractivity contribution in [1.82, 2.24) is 10.2 Å². The van der Waals surface area contributed by atoms with Crippen LogP contribution in [0.15, 0.2) is 0 Å². The molecule has 0 aromatic rings. The molecule has 2 aliphatic heterocycles. The molecule has 2 rings (SSSR count). The molecule has 2 aliphatic rings. The number of nitrogens with zero attached hydrogens (tertiary/aromatic N) is 1. The smallest absolute Gasteiger partial charge is 0.00365 e. The molecule has 0 radical (unpaired) electrons. The van der Waals surface area contributed by atoms with Crippen LogP contribution in [0.3, 0.4) is 0 Å². The first-order valence-corrected chi connectivity index (χ1v) is 6.15. The van der Waals surface area contributed by atoms with E-state index in [4.69, 9.17) is 0 Å². The summed E-state index contributed by atoms with van der Waals surface area (Å²) < 4.78 is 0. The molecule has 14 heavy (non-hydrogen) atoms. The zero-order chi connectivity index (χ0) is 10.0. The summed E-state index contributed by atoms with van der Waals surface area (Å²) in [6.07, 6.45) is 4.09. The third-order valence-corrected chi connectivity index (χ3v) is 4.03. The SMILES string of the molecule is CCC1CN(CC2(C)CCNCC2)C1. The number of hydrogen-bond acceptors (Lipinski definition) is 2. The van der Waals surface area contributed by atoms with Crippen LogP contribution in [-0.4, -0.2) is 37.6 Å². The molecule has 82 valence electrons. The van der Waals surface area contributed by atoms with Gasteiger partial charge in [0, 0.05) is 19.6 Å². The molecule has 2 saturated heterocycles. The van der Waals surface area contributed by atoms with Crippen LogP contribution in [0.1, 0.15) is 33.1 Å². The maximum absolute atomic E-state index is 3.45. The van der Waals surface area contributed by atoms with Crippen LogP contribution in [0, 0.1) is 11.3 Å². The fraction of sp³-hybridized carbons (Fsp3) is 1.00. The molecule has 0 aliphatic carbocycles. The van der Waals surface area contributed by atoms with E-state index in [1.165, 1.54) is 52.0 Å². The maximum atomic E-state index is 3.45. The highest BCUT2D eigenvalue weighted by atomic mass is 15.2. The van der Waals surface area contributed by atoms with Crippen LogP contribution in [0.2, 0.25) is 0 Å². The van der Waals surface area contributed by atoms with E-state index in [9.17, 15) is 0 Å². The minimum absolute atomic E-state index is 0.601. The quantitative estimate of drug-likeness (QED) is 0.739. The average Bonchev–Trinajstić information content (AvgIpc) is 2.12. The van der Waals surface area contributed by atoms with Gasteiger partial charge in [-0.3, -0.25) is 0 Å². The van der Waals surface area contributed by atoms with Crippen molar-refractivity contribution >= 4 is 0 Å². The van der Waals surface area contributed by atoms with Crippen molar-refractivity contribution in [3.8, 4) is 0 Å². The summed E-state index contributed by atoms with van der Waals surface area (Å²) in [7, 11) is 0. The van der Waals surface area contributed by atoms with Gasteiger partial charge in [-0.1, -0.05) is 20.3 Å². The van der Waals surface area contributed by atoms with E-state index in [0.29, 0.717) is 5.41 Å². The van der Waals surface area contributed by atoms with Gasteiger partial charge < -0.3 is 10.2 Å². The molecule has 2 heterocycles. The molecule has 0 aromatic carbocycles. The van der Waals surface area contributed by atoms with E-state index in [0.717, 1.165) is 5.92 Å². The Kier molecular flexibility index (Phi) is 3.13. The van der Waals surface area contributed by atoms with Gasteiger partial charge in [0.1, 0.15) is 0 Å². The zero-order valence-corrected chi connectivity index (χ0v) is 9.68. The molecule has 1 N–H and O–H groups in total. The molecule has 2 fully saturated rings. The molecule has 0 bridgehead atoms. The Balaban J connectivity index is 1.74. The van der Waals surface area contributed by atoms with Gasteiger partial charge in [-0.2, -0.15) is 0 Å². The number of nitrogens with one attached hydrogen (secondary N) is 1. The second-order valence-corrected chi connectivity index (χ2v) is 5.53. The van der Waals surface area contributed by atoms with Crippen LogP contribution in [0.5, 0.6) is 0 Å². The lowest BCUT2D eigenvalue weighted by atomic mass is 9.79. The van der Waals surface area contributed by atoms with Gasteiger partial charge in [0.05, 0.1) is 0 Å². The Hall–Kier alpha value is -0.0800. The molecule has 0 spiro atoms. The van der Waals surface area contributed by atoms with E-state index in [1.54, 1.807) is 0 Å². The Bertz CT molecular complexity index is 179. The third kappa shape index (κ3) is 2.29. The summed E-state index contributed by atoms with van der Waals surface area (Å²) in [5.74, 6) is 1.00. The number of piperidine rings is 1. The van der Waals surface area contributed by atoms with Gasteiger partial charge in [-0.15, -0.1) is 0 Å². The van der Waals surface area contributed by atoms with E-state index in [1.807, 2.05) is 0 Å². The molecule has 0 saturated carbocycles. The van der Waals surface area contributed by atoms with Gasteiger partial charge in [0.25, 0.3) is 0 Å². The summed E-state index contributed by atoms with van der Waals surface area (Å²) in [5.41, 5.74) is 0.601. The largest absolute Gasteiger partial charge is 0.317 e. The molecule has 2 heteroatoms. The second kappa shape index (κ2) is 4.19. The number of hydrogen-bond donors (Lipinski definition) is 1. The van der Waals surface area contributed by atoms with Crippen molar-refractivity contribution in [2.45, 2.75) is 33.1 Å². The highest BCUT2D eigenvalue weighted by Gasteiger charge is 2.33. The first-order valence-electron chi connectivity index (χ1n) is 6.15. The monoisotopic (exact) mass is 196 g/mol. The van der Waals surface area contributed by atoms with Crippen LogP contribution in [0.4, 0.5) is 0 Å². The van der Waals surface area contributed by atoms with Crippen molar-refractivity contribution < 1.29 is 0 Å². The Labute approximate surface area is 88.1 Å². The van der Waals surface area contributed by atoms with Gasteiger partial charge >= 0.3 is 0 Å². The van der Waals surface area contributed by atoms with E-state index < -0.39 is 0 Å². The van der Waals surface area contributed by atoms with Crippen molar-refractivity contribution in [1.29, 1.82) is 0 Å². The summed E-state index contributed by atoms with van der Waals surface area (Å²) in [6, 6.07) is 0. The molecule has 0 atom stereocenters. The van der Waals surface area contributed by atoms with E-state index >= 15 is 0 Å². The van der Waals surface area contributed by atoms with Gasteiger partial charge in [0.2, 0.25) is 0 Å². The van der Waals surface area contributed by atoms with Gasteiger partial charge in [0.15, 0.2) is 0 Å².